The number of nitrogens with zero attached hydrogens (tertiary/aromatic N) is 5. The van der Waals surface area contributed by atoms with Crippen LogP contribution in [0, 0.1) is 18.3 Å². The van der Waals surface area contributed by atoms with Crippen molar-refractivity contribution in [3.8, 4) is 40.0 Å². The molecule has 3 aromatic heterocycles. The van der Waals surface area contributed by atoms with Gasteiger partial charge in [-0.2, -0.15) is 5.26 Å². The fourth-order valence-corrected chi connectivity index (χ4v) is 4.12. The molecule has 0 spiro atoms. The highest BCUT2D eigenvalue weighted by molar-refractivity contribution is 5.68. The SMILES string of the molecule is CCC(C#N)(CC)n1cc(-c2cnc(C)c(-c3cc(-c4ccc(CNC)cc4)no3)n2)ccc1=O.[HH].[HH]. The van der Waals surface area contributed by atoms with Crippen LogP contribution in [0.3, 0.4) is 0 Å². The molecule has 0 aliphatic heterocycles. The Kier molecular flexibility index (Phi) is 6.90. The summed E-state index contributed by atoms with van der Waals surface area (Å²) in [4.78, 5) is 21.9. The maximum Gasteiger partial charge on any atom is 0.251 e. The lowest BCUT2D eigenvalue weighted by Gasteiger charge is -2.26. The Morgan fingerprint density at radius 1 is 1.11 bits per heavy atom. The van der Waals surface area contributed by atoms with Gasteiger partial charge in [0.2, 0.25) is 0 Å². The van der Waals surface area contributed by atoms with Gasteiger partial charge in [-0.3, -0.25) is 14.3 Å². The Hall–Kier alpha value is -4.09. The van der Waals surface area contributed by atoms with Crippen LogP contribution in [0.15, 0.2) is 64.2 Å². The summed E-state index contributed by atoms with van der Waals surface area (Å²) in [6.45, 7) is 6.47. The summed E-state index contributed by atoms with van der Waals surface area (Å²) in [5, 5.41) is 17.2. The van der Waals surface area contributed by atoms with Crippen molar-refractivity contribution >= 4 is 0 Å². The van der Waals surface area contributed by atoms with Gasteiger partial charge in [0.15, 0.2) is 5.76 Å². The van der Waals surface area contributed by atoms with Crippen LogP contribution in [0.25, 0.3) is 34.0 Å². The van der Waals surface area contributed by atoms with E-state index in [2.05, 4.69) is 33.7 Å². The Labute approximate surface area is 207 Å². The number of benzene rings is 1. The van der Waals surface area contributed by atoms with Gasteiger partial charge in [0.05, 0.1) is 23.7 Å². The average Bonchev–Trinajstić information content (AvgIpc) is 3.37. The van der Waals surface area contributed by atoms with Crippen LogP contribution in [0.1, 0.15) is 40.8 Å². The van der Waals surface area contributed by atoms with Crippen molar-refractivity contribution < 1.29 is 7.38 Å². The van der Waals surface area contributed by atoms with E-state index in [0.717, 1.165) is 12.1 Å². The van der Waals surface area contributed by atoms with Gasteiger partial charge in [-0.1, -0.05) is 43.3 Å². The molecule has 1 N–H and O–H groups in total. The minimum atomic E-state index is -0.906. The number of nitrogens with one attached hydrogen (secondary N) is 1. The molecular formula is C27H32N6O2. The molecule has 0 aliphatic rings. The van der Waals surface area contributed by atoms with E-state index in [1.54, 1.807) is 18.5 Å². The van der Waals surface area contributed by atoms with Gasteiger partial charge in [0, 0.05) is 38.9 Å². The Morgan fingerprint density at radius 2 is 1.83 bits per heavy atom. The number of rotatable bonds is 8. The fraction of sp³-hybridized carbons (Fsp3) is 0.296. The summed E-state index contributed by atoms with van der Waals surface area (Å²) in [5.41, 5.74) is 4.25. The molecule has 0 unspecified atom stereocenters. The van der Waals surface area contributed by atoms with Crippen molar-refractivity contribution in [1.82, 2.24) is 25.0 Å². The van der Waals surface area contributed by atoms with E-state index >= 15 is 0 Å². The van der Waals surface area contributed by atoms with Crippen molar-refractivity contribution in [3.63, 3.8) is 0 Å². The van der Waals surface area contributed by atoms with Gasteiger partial charge < -0.3 is 9.84 Å². The molecule has 1 aromatic carbocycles. The van der Waals surface area contributed by atoms with E-state index in [4.69, 9.17) is 9.51 Å². The lowest BCUT2D eigenvalue weighted by Crippen LogP contribution is -2.38. The van der Waals surface area contributed by atoms with E-state index < -0.39 is 5.54 Å². The van der Waals surface area contributed by atoms with Gasteiger partial charge in [0.1, 0.15) is 16.9 Å². The number of hydrogen-bond acceptors (Lipinski definition) is 7. The normalized spacial score (nSPS) is 11.4. The van der Waals surface area contributed by atoms with Crippen LogP contribution in [-0.2, 0) is 12.1 Å². The number of aromatic nitrogens is 4. The predicted octanol–water partition coefficient (Wildman–Crippen LogP) is 5.19. The van der Waals surface area contributed by atoms with Gasteiger partial charge in [-0.15, -0.1) is 0 Å². The Bertz CT molecular complexity index is 1440. The third kappa shape index (κ3) is 4.63. The molecule has 182 valence electrons. The highest BCUT2D eigenvalue weighted by atomic mass is 16.5. The topological polar surface area (TPSA) is 110 Å². The van der Waals surface area contributed by atoms with Gasteiger partial charge in [0.25, 0.3) is 5.56 Å². The zero-order valence-electron chi connectivity index (χ0n) is 20.4. The fourth-order valence-electron chi connectivity index (χ4n) is 4.12. The summed E-state index contributed by atoms with van der Waals surface area (Å²) in [6.07, 6.45) is 4.39. The molecule has 0 atom stereocenters. The first-order valence-corrected chi connectivity index (χ1v) is 11.6. The van der Waals surface area contributed by atoms with Gasteiger partial charge in [-0.05, 0) is 38.4 Å². The first-order chi connectivity index (χ1) is 16.9. The molecule has 0 saturated carbocycles. The molecule has 8 heteroatoms. The minimum absolute atomic E-state index is 0. The van der Waals surface area contributed by atoms with E-state index in [1.807, 2.05) is 46.0 Å². The van der Waals surface area contributed by atoms with Crippen LogP contribution in [-0.4, -0.2) is 26.7 Å². The second-order valence-electron chi connectivity index (χ2n) is 8.47. The second-order valence-corrected chi connectivity index (χ2v) is 8.47. The monoisotopic (exact) mass is 472 g/mol. The molecule has 3 heterocycles. The Balaban J connectivity index is 0.00000241. The van der Waals surface area contributed by atoms with E-state index in [0.29, 0.717) is 46.9 Å². The number of nitriles is 1. The van der Waals surface area contributed by atoms with Crippen LogP contribution < -0.4 is 10.9 Å². The summed E-state index contributed by atoms with van der Waals surface area (Å²) in [7, 11) is 1.91. The smallest absolute Gasteiger partial charge is 0.251 e. The van der Waals surface area contributed by atoms with Crippen molar-refractivity contribution in [2.24, 2.45) is 0 Å². The predicted molar refractivity (Wildman–Crippen MR) is 139 cm³/mol. The zero-order chi connectivity index (χ0) is 25.0. The minimum Gasteiger partial charge on any atom is -0.354 e. The lowest BCUT2D eigenvalue weighted by molar-refractivity contribution is 0.345. The largest absolute Gasteiger partial charge is 0.354 e. The summed E-state index contributed by atoms with van der Waals surface area (Å²) in [5.74, 6) is 0.507. The molecule has 0 aliphatic carbocycles. The standard InChI is InChI=1S/C27H28N6O2.2H2/c1-5-27(6-2,17-28)33-16-21(11-12-25(33)34)23-15-30-18(3)26(31-23)24-13-22(32-35-24)20-9-7-19(8-10-20)14-29-4;;/h7-13,15-16,29H,5-6,14H2,1-4H3;2*1H. The van der Waals surface area contributed by atoms with Crippen LogP contribution in [0.4, 0.5) is 0 Å². The molecule has 8 nitrogen and oxygen atoms in total. The molecule has 35 heavy (non-hydrogen) atoms. The first-order valence-electron chi connectivity index (χ1n) is 11.6. The van der Waals surface area contributed by atoms with E-state index in [-0.39, 0.29) is 8.41 Å². The van der Waals surface area contributed by atoms with Gasteiger partial charge >= 0.3 is 0 Å². The summed E-state index contributed by atoms with van der Waals surface area (Å²) in [6, 6.07) is 15.5. The molecule has 0 fully saturated rings. The quantitative estimate of drug-likeness (QED) is 0.376. The highest BCUT2D eigenvalue weighted by Gasteiger charge is 2.29. The van der Waals surface area contributed by atoms with Crippen LogP contribution in [0.2, 0.25) is 0 Å². The summed E-state index contributed by atoms with van der Waals surface area (Å²) < 4.78 is 7.15. The molecule has 0 bridgehead atoms. The molecule has 4 aromatic rings. The lowest BCUT2D eigenvalue weighted by atomic mass is 9.94. The van der Waals surface area contributed by atoms with Crippen molar-refractivity contribution in [2.45, 2.75) is 45.7 Å². The van der Waals surface area contributed by atoms with Crippen molar-refractivity contribution in [3.05, 3.63) is 76.5 Å². The molecule has 0 radical (unpaired) electrons. The Morgan fingerprint density at radius 3 is 2.49 bits per heavy atom. The van der Waals surface area contributed by atoms with Crippen LogP contribution >= 0.6 is 0 Å². The van der Waals surface area contributed by atoms with E-state index in [1.165, 1.54) is 16.2 Å². The maximum atomic E-state index is 12.6. The molecule has 0 saturated heterocycles. The third-order valence-corrected chi connectivity index (χ3v) is 6.38. The summed E-state index contributed by atoms with van der Waals surface area (Å²) >= 11 is 0. The number of pyridine rings is 1. The van der Waals surface area contributed by atoms with Crippen molar-refractivity contribution in [2.75, 3.05) is 7.05 Å². The third-order valence-electron chi connectivity index (χ3n) is 6.38. The van der Waals surface area contributed by atoms with E-state index in [9.17, 15) is 10.1 Å². The highest BCUT2D eigenvalue weighted by Crippen LogP contribution is 2.29. The van der Waals surface area contributed by atoms with Gasteiger partial charge in [-0.25, -0.2) is 4.98 Å². The molecule has 0 amide bonds. The molecular weight excluding hydrogens is 440 g/mol. The second kappa shape index (κ2) is 10.0. The first kappa shape index (κ1) is 24.0. The average molecular weight is 473 g/mol. The maximum absolute atomic E-state index is 12.6. The van der Waals surface area contributed by atoms with Crippen LogP contribution in [0.5, 0.6) is 0 Å². The van der Waals surface area contributed by atoms with Crippen molar-refractivity contribution in [1.29, 1.82) is 5.26 Å². The molecule has 4 rings (SSSR count). The number of aryl methyl sites for hydroxylation is 1. The number of hydrogen-bond donors (Lipinski definition) is 1. The zero-order valence-corrected chi connectivity index (χ0v) is 20.4.